The summed E-state index contributed by atoms with van der Waals surface area (Å²) in [5, 5.41) is 3.23. The number of nitrogens with zero attached hydrogens (tertiary/aromatic N) is 2. The Morgan fingerprint density at radius 2 is 1.65 bits per heavy atom. The minimum absolute atomic E-state index is 0.0716. The van der Waals surface area contributed by atoms with Gasteiger partial charge in [-0.3, -0.25) is 4.79 Å². The molecule has 2 aliphatic heterocycles. The zero-order valence-corrected chi connectivity index (χ0v) is 21.9. The van der Waals surface area contributed by atoms with Crippen LogP contribution >= 0.6 is 0 Å². The lowest BCUT2D eigenvalue weighted by molar-refractivity contribution is -0.0894. The van der Waals surface area contributed by atoms with E-state index in [1.165, 1.54) is 5.56 Å². The summed E-state index contributed by atoms with van der Waals surface area (Å²) in [6, 6.07) is 26.7. The minimum Gasteiger partial charge on any atom is -0.497 e. The van der Waals surface area contributed by atoms with Gasteiger partial charge in [0, 0.05) is 32.8 Å². The summed E-state index contributed by atoms with van der Waals surface area (Å²) < 4.78 is 11.9. The quantitative estimate of drug-likeness (QED) is 0.430. The summed E-state index contributed by atoms with van der Waals surface area (Å²) in [5.41, 5.74) is 3.75. The zero-order valence-electron chi connectivity index (χ0n) is 21.9. The minimum atomic E-state index is -0.212. The maximum atomic E-state index is 13.1. The van der Waals surface area contributed by atoms with Crippen molar-refractivity contribution in [2.45, 2.75) is 38.0 Å². The third-order valence-corrected chi connectivity index (χ3v) is 7.66. The highest BCUT2D eigenvalue weighted by atomic mass is 16.5. The molecule has 0 radical (unpaired) electrons. The van der Waals surface area contributed by atoms with Crippen LogP contribution in [-0.4, -0.2) is 50.7 Å². The first kappa shape index (κ1) is 25.3. The van der Waals surface area contributed by atoms with E-state index in [0.29, 0.717) is 11.3 Å². The van der Waals surface area contributed by atoms with E-state index in [0.717, 1.165) is 63.3 Å². The van der Waals surface area contributed by atoms with Crippen LogP contribution in [0.15, 0.2) is 78.9 Å². The molecule has 2 heterocycles. The van der Waals surface area contributed by atoms with Gasteiger partial charge in [-0.2, -0.15) is 0 Å². The Morgan fingerprint density at radius 1 is 0.946 bits per heavy atom. The van der Waals surface area contributed by atoms with Crippen molar-refractivity contribution in [2.24, 2.45) is 0 Å². The van der Waals surface area contributed by atoms with Crippen molar-refractivity contribution < 1.29 is 14.3 Å². The van der Waals surface area contributed by atoms with E-state index in [4.69, 9.17) is 9.47 Å². The van der Waals surface area contributed by atoms with Gasteiger partial charge in [-0.1, -0.05) is 67.6 Å². The number of benzene rings is 3. The number of anilines is 1. The van der Waals surface area contributed by atoms with Crippen molar-refractivity contribution in [2.75, 3.05) is 44.8 Å². The number of likely N-dealkylation sites (tertiary alicyclic amines) is 1. The fraction of sp³-hybridized carbons (Fsp3) is 0.387. The van der Waals surface area contributed by atoms with Gasteiger partial charge in [0.25, 0.3) is 5.91 Å². The first-order valence-electron chi connectivity index (χ1n) is 13.4. The van der Waals surface area contributed by atoms with Crippen molar-refractivity contribution in [3.63, 3.8) is 0 Å². The predicted octanol–water partition coefficient (Wildman–Crippen LogP) is 5.36. The summed E-state index contributed by atoms with van der Waals surface area (Å²) in [6.07, 6.45) is 2.76. The molecule has 6 heteroatoms. The second kappa shape index (κ2) is 11.4. The summed E-state index contributed by atoms with van der Waals surface area (Å²) >= 11 is 0. The Morgan fingerprint density at radius 3 is 2.32 bits per heavy atom. The molecule has 1 N–H and O–H groups in total. The molecule has 1 unspecified atom stereocenters. The van der Waals surface area contributed by atoms with Crippen LogP contribution in [0.3, 0.4) is 0 Å². The normalized spacial score (nSPS) is 19.2. The number of carbonyl (C=O) groups excluding carboxylic acids is 1. The number of piperidine rings is 1. The number of ether oxygens (including phenoxy) is 2. The van der Waals surface area contributed by atoms with E-state index in [1.807, 2.05) is 36.4 Å². The van der Waals surface area contributed by atoms with E-state index in [1.54, 1.807) is 7.11 Å². The van der Waals surface area contributed by atoms with E-state index in [2.05, 4.69) is 64.5 Å². The third kappa shape index (κ3) is 5.36. The number of methoxy groups -OCH3 is 1. The van der Waals surface area contributed by atoms with E-state index in [9.17, 15) is 4.79 Å². The summed E-state index contributed by atoms with van der Waals surface area (Å²) in [7, 11) is 1.63. The molecule has 5 rings (SSSR count). The predicted molar refractivity (Wildman–Crippen MR) is 147 cm³/mol. The van der Waals surface area contributed by atoms with Crippen LogP contribution in [0.2, 0.25) is 0 Å². The average Bonchev–Trinajstić information content (AvgIpc) is 2.97. The number of nitrogens with one attached hydrogen (secondary N) is 1. The van der Waals surface area contributed by atoms with Gasteiger partial charge < -0.3 is 24.6 Å². The molecule has 2 aliphatic rings. The lowest BCUT2D eigenvalue weighted by atomic mass is 9.84. The molecular formula is C31H37N3O3. The average molecular weight is 500 g/mol. The molecule has 0 aliphatic carbocycles. The van der Waals surface area contributed by atoms with Crippen LogP contribution in [0, 0.1) is 0 Å². The monoisotopic (exact) mass is 499 g/mol. The Hall–Kier alpha value is -3.35. The summed E-state index contributed by atoms with van der Waals surface area (Å²) in [5.74, 6) is 0.616. The molecule has 6 nitrogen and oxygen atoms in total. The third-order valence-electron chi connectivity index (χ3n) is 7.66. The molecule has 37 heavy (non-hydrogen) atoms. The number of carbonyl (C=O) groups is 1. The van der Waals surface area contributed by atoms with Gasteiger partial charge in [0.1, 0.15) is 11.9 Å². The van der Waals surface area contributed by atoms with Crippen LogP contribution in [0.4, 0.5) is 5.69 Å². The van der Waals surface area contributed by atoms with Crippen molar-refractivity contribution in [3.05, 3.63) is 95.6 Å². The fourth-order valence-electron chi connectivity index (χ4n) is 5.58. The second-order valence-corrected chi connectivity index (χ2v) is 9.91. The number of hydrogen-bond acceptors (Lipinski definition) is 5. The molecular weight excluding hydrogens is 462 g/mol. The maximum absolute atomic E-state index is 13.1. The number of amides is 1. The molecule has 1 amide bonds. The van der Waals surface area contributed by atoms with E-state index >= 15 is 0 Å². The van der Waals surface area contributed by atoms with Gasteiger partial charge in [0.15, 0.2) is 0 Å². The van der Waals surface area contributed by atoms with Crippen LogP contribution in [0.1, 0.15) is 53.8 Å². The highest BCUT2D eigenvalue weighted by Gasteiger charge is 2.38. The number of fused-ring (bicyclic) bond motifs is 1. The van der Waals surface area contributed by atoms with Crippen LogP contribution < -0.4 is 15.0 Å². The fourth-order valence-corrected chi connectivity index (χ4v) is 5.58. The maximum Gasteiger partial charge on any atom is 0.255 e. The molecule has 1 atom stereocenters. The van der Waals surface area contributed by atoms with Crippen LogP contribution in [0.5, 0.6) is 5.75 Å². The first-order valence-corrected chi connectivity index (χ1v) is 13.4. The number of hydrogen-bond donors (Lipinski definition) is 1. The highest BCUT2D eigenvalue weighted by Crippen LogP contribution is 2.38. The van der Waals surface area contributed by atoms with Crippen molar-refractivity contribution in [1.82, 2.24) is 10.2 Å². The van der Waals surface area contributed by atoms with Gasteiger partial charge in [-0.25, -0.2) is 0 Å². The molecule has 0 aromatic heterocycles. The molecule has 194 valence electrons. The molecule has 0 spiro atoms. The number of rotatable bonds is 9. The first-order chi connectivity index (χ1) is 18.1. The highest BCUT2D eigenvalue weighted by molar-refractivity contribution is 6.02. The topological polar surface area (TPSA) is 54.0 Å². The zero-order chi connectivity index (χ0) is 25.7. The van der Waals surface area contributed by atoms with Gasteiger partial charge >= 0.3 is 0 Å². The molecule has 3 aromatic carbocycles. The SMILES string of the molecule is CCCOC1(c2ccccc2)CCN(CCN2c3ccc(OC)cc3C(=O)NC2c2ccccc2)CC1. The summed E-state index contributed by atoms with van der Waals surface area (Å²) in [6.45, 7) is 6.61. The standard InChI is InChI=1S/C31H37N3O3/c1-3-22-37-31(25-12-8-5-9-13-25)16-18-33(19-17-31)20-21-34-28-15-14-26(36-2)23-27(28)30(35)32-29(34)24-10-6-4-7-11-24/h4-15,23,29H,3,16-22H2,1-2H3,(H,32,35). The van der Waals surface area contributed by atoms with Crippen molar-refractivity contribution in [3.8, 4) is 5.75 Å². The van der Waals surface area contributed by atoms with Gasteiger partial charge in [-0.05, 0) is 48.6 Å². The van der Waals surface area contributed by atoms with Gasteiger partial charge in [0.2, 0.25) is 0 Å². The van der Waals surface area contributed by atoms with Crippen molar-refractivity contribution in [1.29, 1.82) is 0 Å². The largest absolute Gasteiger partial charge is 0.497 e. The van der Waals surface area contributed by atoms with E-state index < -0.39 is 0 Å². The second-order valence-electron chi connectivity index (χ2n) is 9.91. The molecule has 0 saturated carbocycles. The smallest absolute Gasteiger partial charge is 0.255 e. The Kier molecular flexibility index (Phi) is 7.77. The molecule has 1 saturated heterocycles. The van der Waals surface area contributed by atoms with Crippen LogP contribution in [0.25, 0.3) is 0 Å². The molecule has 1 fully saturated rings. The van der Waals surface area contributed by atoms with E-state index in [-0.39, 0.29) is 17.7 Å². The lowest BCUT2D eigenvalue weighted by Crippen LogP contribution is -2.51. The van der Waals surface area contributed by atoms with Gasteiger partial charge in [0.05, 0.1) is 24.0 Å². The Balaban J connectivity index is 1.33. The lowest BCUT2D eigenvalue weighted by Gasteiger charge is -2.44. The van der Waals surface area contributed by atoms with Gasteiger partial charge in [-0.15, -0.1) is 0 Å². The Labute approximate surface area is 220 Å². The summed E-state index contributed by atoms with van der Waals surface area (Å²) in [4.78, 5) is 17.9. The Bertz CT molecular complexity index is 1180. The van der Waals surface area contributed by atoms with Crippen molar-refractivity contribution >= 4 is 11.6 Å². The van der Waals surface area contributed by atoms with Crippen LogP contribution in [-0.2, 0) is 10.3 Å². The molecule has 3 aromatic rings. The molecule has 0 bridgehead atoms.